The van der Waals surface area contributed by atoms with E-state index in [0.717, 1.165) is 0 Å². The summed E-state index contributed by atoms with van der Waals surface area (Å²) in [4.78, 5) is 26.4. The van der Waals surface area contributed by atoms with Crippen LogP contribution in [0.1, 0.15) is 34.1 Å². The highest BCUT2D eigenvalue weighted by molar-refractivity contribution is 6.00. The highest BCUT2D eigenvalue weighted by atomic mass is 19.1. The molecule has 0 saturated carbocycles. The summed E-state index contributed by atoms with van der Waals surface area (Å²) in [7, 11) is 4.93. The molecule has 0 unspecified atom stereocenters. The van der Waals surface area contributed by atoms with Gasteiger partial charge in [-0.25, -0.2) is 23.7 Å². The van der Waals surface area contributed by atoms with Gasteiger partial charge in [0, 0.05) is 56.7 Å². The average molecular weight is 504 g/mol. The number of ketones is 1. The molecule has 0 spiro atoms. The molecule has 0 radical (unpaired) electrons. The van der Waals surface area contributed by atoms with E-state index in [0.29, 0.717) is 17.2 Å². The number of nitrogens with zero attached hydrogens (tertiary/aromatic N) is 6. The minimum Gasteiger partial charge on any atom is -0.494 e. The highest BCUT2D eigenvalue weighted by Crippen LogP contribution is 2.32. The summed E-state index contributed by atoms with van der Waals surface area (Å²) < 4.78 is 37.9. The Labute approximate surface area is 210 Å². The van der Waals surface area contributed by atoms with E-state index in [4.69, 9.17) is 4.74 Å². The predicted octanol–water partition coefficient (Wildman–Crippen LogP) is 4.53. The lowest BCUT2D eigenvalue weighted by atomic mass is 9.90. The number of hydrogen-bond donors (Lipinski definition) is 1. The van der Waals surface area contributed by atoms with E-state index in [1.807, 2.05) is 0 Å². The molecule has 3 aromatic heterocycles. The van der Waals surface area contributed by atoms with E-state index >= 15 is 0 Å². The third-order valence-electron chi connectivity index (χ3n) is 6.17. The maximum Gasteiger partial charge on any atom is 0.228 e. The molecule has 2 aromatic carbocycles. The lowest BCUT2D eigenvalue weighted by Crippen LogP contribution is -2.14. The first-order valence-corrected chi connectivity index (χ1v) is 11.4. The summed E-state index contributed by atoms with van der Waals surface area (Å²) >= 11 is 0. The van der Waals surface area contributed by atoms with Gasteiger partial charge in [0.05, 0.1) is 24.2 Å². The normalized spacial score (nSPS) is 12.0. The van der Waals surface area contributed by atoms with Crippen molar-refractivity contribution in [2.24, 2.45) is 14.1 Å². The Morgan fingerprint density at radius 2 is 1.92 bits per heavy atom. The van der Waals surface area contributed by atoms with Gasteiger partial charge >= 0.3 is 0 Å². The average Bonchev–Trinajstić information content (AvgIpc) is 3.49. The second-order valence-corrected chi connectivity index (χ2v) is 8.52. The van der Waals surface area contributed by atoms with Crippen molar-refractivity contribution in [3.8, 4) is 5.75 Å². The van der Waals surface area contributed by atoms with Crippen molar-refractivity contribution in [3.05, 3.63) is 89.8 Å². The van der Waals surface area contributed by atoms with Gasteiger partial charge < -0.3 is 14.6 Å². The van der Waals surface area contributed by atoms with Crippen molar-refractivity contribution in [1.29, 1.82) is 0 Å². The number of aryl methyl sites for hydroxylation is 2. The maximum absolute atomic E-state index is 15.0. The summed E-state index contributed by atoms with van der Waals surface area (Å²) in [6.07, 6.45) is 6.27. The summed E-state index contributed by atoms with van der Waals surface area (Å²) in [5.74, 6) is -0.518. The van der Waals surface area contributed by atoms with E-state index in [1.54, 1.807) is 54.1 Å². The van der Waals surface area contributed by atoms with Crippen molar-refractivity contribution >= 4 is 28.5 Å². The predicted molar refractivity (Wildman–Crippen MR) is 133 cm³/mol. The van der Waals surface area contributed by atoms with E-state index in [1.165, 1.54) is 37.6 Å². The van der Waals surface area contributed by atoms with Crippen molar-refractivity contribution in [1.82, 2.24) is 29.3 Å². The number of hydrogen-bond acceptors (Lipinski definition) is 7. The zero-order valence-electron chi connectivity index (χ0n) is 20.3. The number of imidazole rings is 1. The number of halogens is 2. The highest BCUT2D eigenvalue weighted by Gasteiger charge is 2.25. The number of Topliss-reactive ketones (excluding diaryl/α,β-unsaturated/α-hetero) is 1. The fraction of sp³-hybridized carbons (Fsp3) is 0.192. The minimum absolute atomic E-state index is 0.0627. The van der Waals surface area contributed by atoms with Gasteiger partial charge in [0.1, 0.15) is 17.5 Å². The summed E-state index contributed by atoms with van der Waals surface area (Å²) in [6, 6.07) is 8.98. The molecule has 0 fully saturated rings. The molecule has 0 aliphatic carbocycles. The Morgan fingerprint density at radius 1 is 1.08 bits per heavy atom. The summed E-state index contributed by atoms with van der Waals surface area (Å²) in [5.41, 5.74) is 0.961. The van der Waals surface area contributed by atoms with Gasteiger partial charge in [-0.3, -0.25) is 9.48 Å². The monoisotopic (exact) mass is 503 g/mol. The van der Waals surface area contributed by atoms with E-state index in [-0.39, 0.29) is 40.4 Å². The first-order valence-electron chi connectivity index (χ1n) is 11.4. The van der Waals surface area contributed by atoms with Crippen LogP contribution in [-0.2, 0) is 14.1 Å². The van der Waals surface area contributed by atoms with Crippen LogP contribution in [0.25, 0.3) is 10.9 Å². The summed E-state index contributed by atoms with van der Waals surface area (Å²) in [5, 5.41) is 7.28. The fourth-order valence-electron chi connectivity index (χ4n) is 4.20. The number of benzene rings is 2. The number of carbonyl (C=O) groups is 1. The van der Waals surface area contributed by atoms with Crippen molar-refractivity contribution in [2.75, 3.05) is 12.4 Å². The third-order valence-corrected chi connectivity index (χ3v) is 6.17. The van der Waals surface area contributed by atoms with Crippen LogP contribution >= 0.6 is 0 Å². The molecule has 0 saturated heterocycles. The molecule has 9 nitrogen and oxygen atoms in total. The van der Waals surface area contributed by atoms with E-state index < -0.39 is 17.6 Å². The molecule has 0 aliphatic rings. The van der Waals surface area contributed by atoms with Crippen LogP contribution in [0, 0.1) is 11.6 Å². The number of aromatic nitrogens is 6. The maximum atomic E-state index is 15.0. The van der Waals surface area contributed by atoms with Crippen molar-refractivity contribution < 1.29 is 18.3 Å². The van der Waals surface area contributed by atoms with Crippen molar-refractivity contribution in [2.45, 2.75) is 12.3 Å². The first kappa shape index (κ1) is 24.0. The van der Waals surface area contributed by atoms with Gasteiger partial charge in [0.25, 0.3) is 0 Å². The minimum atomic E-state index is -0.614. The number of nitrogens with one attached hydrogen (secondary N) is 1. The van der Waals surface area contributed by atoms with Crippen LogP contribution in [-0.4, -0.2) is 42.2 Å². The number of carbonyl (C=O) groups excluding carboxylic acids is 1. The topological polar surface area (TPSA) is 99.8 Å². The zero-order chi connectivity index (χ0) is 26.1. The van der Waals surface area contributed by atoms with Gasteiger partial charge in [-0.05, 0) is 29.8 Å². The molecule has 11 heteroatoms. The number of methoxy groups -OCH3 is 1. The molecule has 0 bridgehead atoms. The number of rotatable bonds is 8. The Hall–Kier alpha value is -4.67. The molecule has 188 valence electrons. The van der Waals surface area contributed by atoms with E-state index in [9.17, 15) is 13.6 Å². The lowest BCUT2D eigenvalue weighted by molar-refractivity contribution is 0.0976. The molecule has 0 amide bonds. The SMILES string of the molecule is COc1ccc([C@H](CC(=O)c2cc(F)c3cnc(Nc4ccnn4C)nc3c2)c2nccn2C)cc1F. The van der Waals surface area contributed by atoms with E-state index in [2.05, 4.69) is 25.4 Å². The molecular formula is C26H23F2N7O2. The first-order chi connectivity index (χ1) is 17.8. The van der Waals surface area contributed by atoms with Crippen LogP contribution in [0.15, 0.2) is 61.2 Å². The Kier molecular flexibility index (Phi) is 6.34. The van der Waals surface area contributed by atoms with Crippen LogP contribution < -0.4 is 10.1 Å². The van der Waals surface area contributed by atoms with Crippen LogP contribution in [0.5, 0.6) is 5.75 Å². The standard InChI is InChI=1S/C26H23F2N7O2/c1-34-9-8-29-25(34)17(15-4-5-23(37-3)20(28)10-15)13-22(36)16-11-19(27)18-14-30-26(32-21(18)12-16)33-24-6-7-31-35(24)2/h4-12,14,17H,13H2,1-3H3,(H,30,32,33)/t17-/m0/s1. The number of anilines is 2. The molecule has 1 N–H and O–H groups in total. The molecule has 1 atom stereocenters. The van der Waals surface area contributed by atoms with Gasteiger partial charge in [-0.15, -0.1) is 0 Å². The Bertz CT molecular complexity index is 1610. The van der Waals surface area contributed by atoms with Gasteiger partial charge in [0.15, 0.2) is 17.3 Å². The Balaban J connectivity index is 1.49. The zero-order valence-corrected chi connectivity index (χ0v) is 20.3. The largest absolute Gasteiger partial charge is 0.494 e. The molecular weight excluding hydrogens is 480 g/mol. The van der Waals surface area contributed by atoms with Gasteiger partial charge in [0.2, 0.25) is 5.95 Å². The summed E-state index contributed by atoms with van der Waals surface area (Å²) in [6.45, 7) is 0. The lowest BCUT2D eigenvalue weighted by Gasteiger charge is -2.18. The quantitative estimate of drug-likeness (QED) is 0.311. The third kappa shape index (κ3) is 4.75. The van der Waals surface area contributed by atoms with Gasteiger partial charge in [-0.2, -0.15) is 5.10 Å². The molecule has 5 rings (SSSR count). The molecule has 37 heavy (non-hydrogen) atoms. The fourth-order valence-corrected chi connectivity index (χ4v) is 4.20. The number of ether oxygens (including phenoxy) is 1. The van der Waals surface area contributed by atoms with Crippen LogP contribution in [0.3, 0.4) is 0 Å². The molecule has 3 heterocycles. The smallest absolute Gasteiger partial charge is 0.228 e. The second kappa shape index (κ2) is 9.76. The molecule has 0 aliphatic heterocycles. The second-order valence-electron chi connectivity index (χ2n) is 8.52. The Morgan fingerprint density at radius 3 is 2.59 bits per heavy atom. The van der Waals surface area contributed by atoms with Crippen LogP contribution in [0.2, 0.25) is 0 Å². The molecule has 5 aromatic rings. The van der Waals surface area contributed by atoms with Gasteiger partial charge in [-0.1, -0.05) is 6.07 Å². The van der Waals surface area contributed by atoms with Crippen molar-refractivity contribution in [3.63, 3.8) is 0 Å². The number of fused-ring (bicyclic) bond motifs is 1. The van der Waals surface area contributed by atoms with Crippen LogP contribution in [0.4, 0.5) is 20.5 Å².